The summed E-state index contributed by atoms with van der Waals surface area (Å²) in [5.41, 5.74) is -0.161. The quantitative estimate of drug-likeness (QED) is 0.329. The molecule has 12 nitrogen and oxygen atoms in total. The fourth-order valence-electron chi connectivity index (χ4n) is 2.83. The second-order valence-corrected chi connectivity index (χ2v) is 10.5. The molecule has 0 bridgehead atoms. The summed E-state index contributed by atoms with van der Waals surface area (Å²) in [7, 11) is -7.86. The standard InChI is InChI=1S/C20H19N5O7S2/c1-33(29,30)24(16-5-4-6-17(13-16)25(27)28)14-20(26)22-15-8-10-18(11-9-15)34(31,32)23-19-7-2-3-12-21-19/h2-13H,14H2,1H3,(H,21,23)(H,22,26). The minimum absolute atomic E-state index is 0.0473. The lowest BCUT2D eigenvalue weighted by atomic mass is 10.3. The van der Waals surface area contributed by atoms with Crippen molar-refractivity contribution < 1.29 is 26.6 Å². The molecule has 0 saturated heterocycles. The van der Waals surface area contributed by atoms with Crippen molar-refractivity contribution in [3.63, 3.8) is 0 Å². The summed E-state index contributed by atoms with van der Waals surface area (Å²) in [6.45, 7) is -0.652. The van der Waals surface area contributed by atoms with Crippen LogP contribution in [0.5, 0.6) is 0 Å². The number of carbonyl (C=O) groups is 1. The van der Waals surface area contributed by atoms with Gasteiger partial charge in [0, 0.05) is 24.0 Å². The molecule has 1 aromatic heterocycles. The van der Waals surface area contributed by atoms with Crippen molar-refractivity contribution in [2.75, 3.05) is 27.1 Å². The van der Waals surface area contributed by atoms with Crippen molar-refractivity contribution in [1.29, 1.82) is 0 Å². The number of amides is 1. The van der Waals surface area contributed by atoms with Crippen LogP contribution in [0.15, 0.2) is 77.8 Å². The molecule has 0 aliphatic rings. The number of carbonyl (C=O) groups excluding carboxylic acids is 1. The summed E-state index contributed by atoms with van der Waals surface area (Å²) in [6, 6.07) is 14.8. The van der Waals surface area contributed by atoms with Gasteiger partial charge in [0.15, 0.2) is 0 Å². The summed E-state index contributed by atoms with van der Waals surface area (Å²) < 4.78 is 52.4. The van der Waals surface area contributed by atoms with Crippen LogP contribution < -0.4 is 14.3 Å². The summed E-state index contributed by atoms with van der Waals surface area (Å²) >= 11 is 0. The second-order valence-electron chi connectivity index (χ2n) is 6.94. The van der Waals surface area contributed by atoms with Crippen LogP contribution in [0.3, 0.4) is 0 Å². The Balaban J connectivity index is 1.73. The van der Waals surface area contributed by atoms with E-state index in [0.29, 0.717) is 0 Å². The number of hydrogen-bond acceptors (Lipinski definition) is 8. The maximum absolute atomic E-state index is 12.5. The van der Waals surface area contributed by atoms with E-state index in [1.165, 1.54) is 54.7 Å². The number of pyridine rings is 1. The number of hydrogen-bond donors (Lipinski definition) is 2. The number of nitrogens with one attached hydrogen (secondary N) is 2. The van der Waals surface area contributed by atoms with Gasteiger partial charge >= 0.3 is 0 Å². The molecule has 1 amide bonds. The molecule has 0 unspecified atom stereocenters. The molecule has 0 radical (unpaired) electrons. The first kappa shape index (κ1) is 24.6. The Bertz CT molecular complexity index is 1410. The molecule has 3 rings (SSSR count). The van der Waals surface area contributed by atoms with E-state index in [1.54, 1.807) is 12.1 Å². The first-order valence-corrected chi connectivity index (χ1v) is 12.8. The van der Waals surface area contributed by atoms with Gasteiger partial charge in [0.2, 0.25) is 15.9 Å². The summed E-state index contributed by atoms with van der Waals surface area (Å²) in [5, 5.41) is 13.5. The predicted molar refractivity (Wildman–Crippen MR) is 125 cm³/mol. The van der Waals surface area contributed by atoms with E-state index in [0.717, 1.165) is 16.6 Å². The summed E-state index contributed by atoms with van der Waals surface area (Å²) in [5.74, 6) is -0.596. The Morgan fingerprint density at radius 3 is 2.32 bits per heavy atom. The number of aromatic nitrogens is 1. The zero-order chi connectivity index (χ0) is 24.9. The van der Waals surface area contributed by atoms with E-state index < -0.39 is 37.4 Å². The van der Waals surface area contributed by atoms with Gasteiger partial charge in [-0.1, -0.05) is 12.1 Å². The molecule has 0 saturated carbocycles. The van der Waals surface area contributed by atoms with Gasteiger partial charge in [-0.05, 0) is 42.5 Å². The Morgan fingerprint density at radius 1 is 1.03 bits per heavy atom. The molecule has 0 fully saturated rings. The van der Waals surface area contributed by atoms with Crippen molar-refractivity contribution in [2.24, 2.45) is 0 Å². The maximum Gasteiger partial charge on any atom is 0.271 e. The minimum Gasteiger partial charge on any atom is -0.325 e. The van der Waals surface area contributed by atoms with Crippen LogP contribution in [0.25, 0.3) is 0 Å². The molecule has 0 aliphatic carbocycles. The van der Waals surface area contributed by atoms with Gasteiger partial charge in [0.1, 0.15) is 12.4 Å². The van der Waals surface area contributed by atoms with E-state index >= 15 is 0 Å². The number of nitro benzene ring substituents is 1. The van der Waals surface area contributed by atoms with E-state index in [4.69, 9.17) is 0 Å². The molecule has 0 atom stereocenters. The van der Waals surface area contributed by atoms with E-state index in [2.05, 4.69) is 15.0 Å². The SMILES string of the molecule is CS(=O)(=O)N(CC(=O)Nc1ccc(S(=O)(=O)Nc2ccccn2)cc1)c1cccc([N+](=O)[O-])c1. The third-order valence-corrected chi connectivity index (χ3v) is 6.88. The number of benzene rings is 2. The average molecular weight is 506 g/mol. The lowest BCUT2D eigenvalue weighted by Crippen LogP contribution is -2.37. The van der Waals surface area contributed by atoms with Gasteiger partial charge in [0.25, 0.3) is 15.7 Å². The molecule has 34 heavy (non-hydrogen) atoms. The first-order valence-electron chi connectivity index (χ1n) is 9.52. The van der Waals surface area contributed by atoms with Crippen molar-refractivity contribution in [3.05, 3.63) is 83.0 Å². The van der Waals surface area contributed by atoms with Crippen LogP contribution in [-0.4, -0.2) is 45.5 Å². The van der Waals surface area contributed by atoms with Crippen molar-refractivity contribution in [1.82, 2.24) is 4.98 Å². The fourth-order valence-corrected chi connectivity index (χ4v) is 4.69. The first-order chi connectivity index (χ1) is 16.0. The smallest absolute Gasteiger partial charge is 0.271 e. The molecule has 0 spiro atoms. The van der Waals surface area contributed by atoms with E-state index in [9.17, 15) is 31.7 Å². The Hall–Kier alpha value is -4.04. The monoisotopic (exact) mass is 505 g/mol. The fraction of sp³-hybridized carbons (Fsp3) is 0.100. The van der Waals surface area contributed by atoms with Crippen molar-refractivity contribution >= 4 is 48.8 Å². The Labute approximate surface area is 195 Å². The van der Waals surface area contributed by atoms with Gasteiger partial charge in [-0.2, -0.15) is 0 Å². The van der Waals surface area contributed by atoms with Crippen LogP contribution in [-0.2, 0) is 24.8 Å². The van der Waals surface area contributed by atoms with E-state index in [-0.39, 0.29) is 27.8 Å². The third kappa shape index (κ3) is 6.26. The van der Waals surface area contributed by atoms with Gasteiger partial charge in [-0.15, -0.1) is 0 Å². The number of nitro groups is 1. The minimum atomic E-state index is -3.95. The number of anilines is 3. The molecular weight excluding hydrogens is 486 g/mol. The number of rotatable bonds is 9. The second kappa shape index (κ2) is 9.84. The molecule has 1 heterocycles. The summed E-state index contributed by atoms with van der Waals surface area (Å²) in [6.07, 6.45) is 2.30. The van der Waals surface area contributed by atoms with Gasteiger partial charge < -0.3 is 5.32 Å². The third-order valence-electron chi connectivity index (χ3n) is 4.37. The van der Waals surface area contributed by atoms with Crippen molar-refractivity contribution in [3.8, 4) is 0 Å². The molecule has 2 N–H and O–H groups in total. The highest BCUT2D eigenvalue weighted by Crippen LogP contribution is 2.23. The highest BCUT2D eigenvalue weighted by molar-refractivity contribution is 7.92. The molecule has 178 valence electrons. The molecular formula is C20H19N5O7S2. The zero-order valence-corrected chi connectivity index (χ0v) is 19.3. The Kier molecular flexibility index (Phi) is 7.12. The topological polar surface area (TPSA) is 169 Å². The lowest BCUT2D eigenvalue weighted by molar-refractivity contribution is -0.384. The van der Waals surface area contributed by atoms with Gasteiger partial charge in [-0.3, -0.25) is 23.9 Å². The van der Waals surface area contributed by atoms with Crippen LogP contribution in [0.4, 0.5) is 22.9 Å². The highest BCUT2D eigenvalue weighted by Gasteiger charge is 2.23. The van der Waals surface area contributed by atoms with Crippen LogP contribution in [0.1, 0.15) is 0 Å². The number of non-ortho nitro benzene ring substituents is 1. The molecule has 0 aliphatic heterocycles. The number of sulfonamides is 2. The Morgan fingerprint density at radius 2 is 1.74 bits per heavy atom. The molecule has 14 heteroatoms. The van der Waals surface area contributed by atoms with Crippen molar-refractivity contribution in [2.45, 2.75) is 4.90 Å². The predicted octanol–water partition coefficient (Wildman–Crippen LogP) is 2.20. The number of nitrogens with zero attached hydrogens (tertiary/aromatic N) is 3. The van der Waals surface area contributed by atoms with Gasteiger partial charge in [-0.25, -0.2) is 21.8 Å². The normalized spacial score (nSPS) is 11.4. The largest absolute Gasteiger partial charge is 0.325 e. The maximum atomic E-state index is 12.5. The molecule has 2 aromatic carbocycles. The zero-order valence-electron chi connectivity index (χ0n) is 17.7. The van der Waals surface area contributed by atoms with Crippen LogP contribution in [0.2, 0.25) is 0 Å². The lowest BCUT2D eigenvalue weighted by Gasteiger charge is -2.21. The van der Waals surface area contributed by atoms with Gasteiger partial charge in [0.05, 0.1) is 21.8 Å². The highest BCUT2D eigenvalue weighted by atomic mass is 32.2. The summed E-state index contributed by atoms with van der Waals surface area (Å²) in [4.78, 5) is 26.6. The van der Waals surface area contributed by atoms with Crippen LogP contribution in [0, 0.1) is 10.1 Å². The van der Waals surface area contributed by atoms with Crippen LogP contribution >= 0.6 is 0 Å². The van der Waals surface area contributed by atoms with E-state index in [1.807, 2.05) is 0 Å². The molecule has 3 aromatic rings. The average Bonchev–Trinajstić information content (AvgIpc) is 2.77.